The van der Waals surface area contributed by atoms with Crippen LogP contribution in [-0.4, -0.2) is 39.1 Å². The highest BCUT2D eigenvalue weighted by atomic mass is 79.9. The van der Waals surface area contributed by atoms with Crippen LogP contribution in [0.1, 0.15) is 31.9 Å². The highest BCUT2D eigenvalue weighted by Crippen LogP contribution is 2.38. The van der Waals surface area contributed by atoms with Gasteiger partial charge in [0, 0.05) is 12.1 Å². The number of esters is 1. The summed E-state index contributed by atoms with van der Waals surface area (Å²) in [6, 6.07) is 9.55. The van der Waals surface area contributed by atoms with E-state index in [2.05, 4.69) is 31.9 Å². The summed E-state index contributed by atoms with van der Waals surface area (Å²) in [5.74, 6) is -0.785. The lowest BCUT2D eigenvalue weighted by molar-refractivity contribution is -0.384. The van der Waals surface area contributed by atoms with Gasteiger partial charge in [-0.05, 0) is 93.7 Å². The van der Waals surface area contributed by atoms with Crippen molar-refractivity contribution in [3.05, 3.63) is 71.5 Å². The van der Waals surface area contributed by atoms with Crippen LogP contribution < -0.4 is 4.74 Å². The van der Waals surface area contributed by atoms with Crippen molar-refractivity contribution in [2.24, 2.45) is 0 Å². The third-order valence-corrected chi connectivity index (χ3v) is 6.49. The molecule has 0 aliphatic carbocycles. The fourth-order valence-corrected chi connectivity index (χ4v) is 5.30. The number of carbonyl (C=O) groups is 3. The Morgan fingerprint density at radius 3 is 2.43 bits per heavy atom. The van der Waals surface area contributed by atoms with Gasteiger partial charge in [-0.25, -0.2) is 0 Å². The normalized spacial score (nSPS) is 15.0. The lowest BCUT2D eigenvalue weighted by Gasteiger charge is -2.21. The molecule has 35 heavy (non-hydrogen) atoms. The molecule has 0 aromatic heterocycles. The third-order valence-electron chi connectivity index (χ3n) is 4.40. The molecule has 1 fully saturated rings. The van der Waals surface area contributed by atoms with Crippen LogP contribution in [-0.2, 0) is 20.9 Å². The molecule has 0 N–H and O–H groups in total. The molecular formula is C23H20Br2N2O7S. The van der Waals surface area contributed by atoms with Crippen LogP contribution >= 0.6 is 43.6 Å². The molecule has 184 valence electrons. The van der Waals surface area contributed by atoms with Gasteiger partial charge in [0.15, 0.2) is 0 Å². The molecule has 0 spiro atoms. The number of amides is 2. The minimum atomic E-state index is -0.730. The molecule has 1 aliphatic rings. The average Bonchev–Trinajstić information content (AvgIpc) is 2.99. The summed E-state index contributed by atoms with van der Waals surface area (Å²) in [7, 11) is 0. The molecule has 12 heteroatoms. The minimum absolute atomic E-state index is 0.0276. The van der Waals surface area contributed by atoms with Gasteiger partial charge in [0.2, 0.25) is 0 Å². The monoisotopic (exact) mass is 626 g/mol. The van der Waals surface area contributed by atoms with Crippen molar-refractivity contribution >= 4 is 72.5 Å². The fraction of sp³-hybridized carbons (Fsp3) is 0.261. The van der Waals surface area contributed by atoms with Crippen molar-refractivity contribution in [2.75, 3.05) is 6.54 Å². The molecule has 0 bridgehead atoms. The quantitative estimate of drug-likeness (QED) is 0.157. The van der Waals surface area contributed by atoms with Gasteiger partial charge < -0.3 is 9.47 Å². The Bertz CT molecular complexity index is 1220. The second kappa shape index (κ2) is 10.9. The third kappa shape index (κ3) is 7.15. The Hall–Kier alpha value is -2.70. The average molecular weight is 628 g/mol. The first-order chi connectivity index (χ1) is 16.3. The van der Waals surface area contributed by atoms with E-state index in [1.807, 2.05) is 0 Å². The van der Waals surface area contributed by atoms with Crippen LogP contribution in [0.15, 0.2) is 50.2 Å². The number of ether oxygens (including phenoxy) is 2. The van der Waals surface area contributed by atoms with Crippen molar-refractivity contribution in [1.29, 1.82) is 0 Å². The SMILES string of the molecule is CC(C)(C)OC(=O)CN1C(=O)SC(=Cc2cc(Br)c(OCc3cccc([N+](=O)[O-])c3)c(Br)c2)C1=O. The summed E-state index contributed by atoms with van der Waals surface area (Å²) < 4.78 is 12.2. The smallest absolute Gasteiger partial charge is 0.326 e. The van der Waals surface area contributed by atoms with Crippen LogP contribution in [0.5, 0.6) is 5.75 Å². The highest BCUT2D eigenvalue weighted by Gasteiger charge is 2.37. The number of rotatable bonds is 7. The number of thioether (sulfide) groups is 1. The summed E-state index contributed by atoms with van der Waals surface area (Å²) in [4.78, 5) is 48.6. The molecule has 2 aromatic carbocycles. The summed E-state index contributed by atoms with van der Waals surface area (Å²) in [6.07, 6.45) is 1.54. The number of hydrogen-bond acceptors (Lipinski definition) is 8. The molecule has 0 radical (unpaired) electrons. The lowest BCUT2D eigenvalue weighted by atomic mass is 10.2. The number of benzene rings is 2. The van der Waals surface area contributed by atoms with E-state index >= 15 is 0 Å². The van der Waals surface area contributed by atoms with Crippen LogP contribution in [0, 0.1) is 10.1 Å². The molecule has 0 atom stereocenters. The van der Waals surface area contributed by atoms with E-state index in [0.29, 0.717) is 25.8 Å². The van der Waals surface area contributed by atoms with Crippen molar-refractivity contribution in [3.63, 3.8) is 0 Å². The van der Waals surface area contributed by atoms with Gasteiger partial charge in [-0.2, -0.15) is 0 Å². The predicted molar refractivity (Wildman–Crippen MR) is 138 cm³/mol. The van der Waals surface area contributed by atoms with E-state index in [0.717, 1.165) is 16.7 Å². The summed E-state index contributed by atoms with van der Waals surface area (Å²) >= 11 is 7.61. The molecule has 0 saturated carbocycles. The standard InChI is InChI=1S/C23H20Br2N2O7S/c1-23(2,3)34-19(28)11-26-21(29)18(35-22(26)30)10-14-8-16(24)20(17(25)9-14)33-12-13-5-4-6-15(7-13)27(31)32/h4-10H,11-12H2,1-3H3. The molecule has 1 saturated heterocycles. The molecule has 2 aromatic rings. The Morgan fingerprint density at radius 2 is 1.83 bits per heavy atom. The number of carbonyl (C=O) groups excluding carboxylic acids is 3. The Kier molecular flexibility index (Phi) is 8.39. The van der Waals surface area contributed by atoms with E-state index < -0.39 is 34.2 Å². The second-order valence-corrected chi connectivity index (χ2v) is 11.1. The number of hydrogen-bond donors (Lipinski definition) is 0. The van der Waals surface area contributed by atoms with Crippen molar-refractivity contribution in [2.45, 2.75) is 33.0 Å². The maximum absolute atomic E-state index is 12.7. The number of nitro benzene ring substituents is 1. The fourth-order valence-electron chi connectivity index (χ4n) is 3.01. The van der Waals surface area contributed by atoms with Crippen LogP contribution in [0.3, 0.4) is 0 Å². The van der Waals surface area contributed by atoms with Crippen molar-refractivity contribution in [1.82, 2.24) is 4.90 Å². The van der Waals surface area contributed by atoms with Gasteiger partial charge in [-0.3, -0.25) is 29.4 Å². The van der Waals surface area contributed by atoms with E-state index in [1.54, 1.807) is 51.1 Å². The number of halogens is 2. The van der Waals surface area contributed by atoms with Crippen molar-refractivity contribution in [3.8, 4) is 5.75 Å². The maximum atomic E-state index is 12.7. The van der Waals surface area contributed by atoms with E-state index in [1.165, 1.54) is 12.1 Å². The van der Waals surface area contributed by atoms with Crippen LogP contribution in [0.2, 0.25) is 0 Å². The number of non-ortho nitro benzene ring substituents is 1. The second-order valence-electron chi connectivity index (χ2n) is 8.38. The zero-order valence-electron chi connectivity index (χ0n) is 18.9. The van der Waals surface area contributed by atoms with E-state index in [-0.39, 0.29) is 17.2 Å². The molecule has 3 rings (SSSR count). The van der Waals surface area contributed by atoms with Crippen LogP contribution in [0.4, 0.5) is 10.5 Å². The van der Waals surface area contributed by atoms with Gasteiger partial charge in [0.05, 0.1) is 18.8 Å². The molecule has 2 amide bonds. The molecule has 0 unspecified atom stereocenters. The van der Waals surface area contributed by atoms with Gasteiger partial charge >= 0.3 is 5.97 Å². The maximum Gasteiger partial charge on any atom is 0.326 e. The van der Waals surface area contributed by atoms with Gasteiger partial charge in [-0.1, -0.05) is 12.1 Å². The summed E-state index contributed by atoms with van der Waals surface area (Å²) in [5, 5.41) is 10.4. The highest BCUT2D eigenvalue weighted by molar-refractivity contribution is 9.11. The molecule has 1 aliphatic heterocycles. The number of nitrogens with zero attached hydrogens (tertiary/aromatic N) is 2. The summed E-state index contributed by atoms with van der Waals surface area (Å²) in [5.41, 5.74) is 0.474. The van der Waals surface area contributed by atoms with Crippen molar-refractivity contribution < 1.29 is 28.8 Å². The summed E-state index contributed by atoms with van der Waals surface area (Å²) in [6.45, 7) is 4.74. The first-order valence-electron chi connectivity index (χ1n) is 10.2. The zero-order chi connectivity index (χ0) is 25.9. The Balaban J connectivity index is 1.73. The first-order valence-corrected chi connectivity index (χ1v) is 12.6. The van der Waals surface area contributed by atoms with Gasteiger partial charge in [0.25, 0.3) is 16.8 Å². The molecule has 9 nitrogen and oxygen atoms in total. The number of imide groups is 1. The van der Waals surface area contributed by atoms with Gasteiger partial charge in [0.1, 0.15) is 24.5 Å². The lowest BCUT2D eigenvalue weighted by Crippen LogP contribution is -2.37. The largest absolute Gasteiger partial charge is 0.487 e. The Labute approximate surface area is 222 Å². The number of nitro groups is 1. The topological polar surface area (TPSA) is 116 Å². The van der Waals surface area contributed by atoms with Crippen LogP contribution in [0.25, 0.3) is 6.08 Å². The first kappa shape index (κ1) is 26.9. The molecule has 1 heterocycles. The Morgan fingerprint density at radius 1 is 1.17 bits per heavy atom. The van der Waals surface area contributed by atoms with E-state index in [9.17, 15) is 24.5 Å². The van der Waals surface area contributed by atoms with E-state index in [4.69, 9.17) is 9.47 Å². The minimum Gasteiger partial charge on any atom is -0.487 e. The predicted octanol–water partition coefficient (Wildman–Crippen LogP) is 6.08. The van der Waals surface area contributed by atoms with Gasteiger partial charge in [-0.15, -0.1) is 0 Å². The zero-order valence-corrected chi connectivity index (χ0v) is 22.9. The molecular weight excluding hydrogens is 608 g/mol.